The highest BCUT2D eigenvalue weighted by molar-refractivity contribution is 5.44. The van der Waals surface area contributed by atoms with E-state index in [2.05, 4.69) is 38.2 Å². The van der Waals surface area contributed by atoms with E-state index in [4.69, 9.17) is 9.47 Å². The Kier molecular flexibility index (Phi) is 8.21. The summed E-state index contributed by atoms with van der Waals surface area (Å²) < 4.78 is 11.4. The highest BCUT2D eigenvalue weighted by atomic mass is 16.5. The van der Waals surface area contributed by atoms with Crippen LogP contribution in [0.2, 0.25) is 0 Å². The van der Waals surface area contributed by atoms with E-state index in [0.29, 0.717) is 19.3 Å². The topological polar surface area (TPSA) is 30.5 Å². The van der Waals surface area contributed by atoms with E-state index >= 15 is 0 Å². The molecule has 0 amide bonds. The summed E-state index contributed by atoms with van der Waals surface area (Å²) in [6, 6.07) is 6.69. The van der Waals surface area contributed by atoms with E-state index in [1.807, 2.05) is 19.9 Å². The Balaban J connectivity index is 2.93. The Bertz CT molecular complexity index is 404. The SMILES string of the molecule is CCNC(CCC(C)C)c1ccc(OCC)c(OCC)c1. The van der Waals surface area contributed by atoms with E-state index in [1.165, 1.54) is 12.0 Å². The normalized spacial score (nSPS) is 12.5. The molecule has 1 unspecified atom stereocenters. The number of rotatable bonds is 10. The minimum Gasteiger partial charge on any atom is -0.490 e. The molecule has 3 heteroatoms. The molecule has 3 nitrogen and oxygen atoms in total. The van der Waals surface area contributed by atoms with Crippen LogP contribution in [0.15, 0.2) is 18.2 Å². The first-order valence-corrected chi connectivity index (χ1v) is 8.25. The Labute approximate surface area is 130 Å². The van der Waals surface area contributed by atoms with Crippen molar-refractivity contribution in [1.29, 1.82) is 0 Å². The number of hydrogen-bond acceptors (Lipinski definition) is 3. The molecule has 120 valence electrons. The molecule has 0 aliphatic rings. The molecule has 1 N–H and O–H groups in total. The summed E-state index contributed by atoms with van der Waals surface area (Å²) >= 11 is 0. The molecular formula is C18H31NO2. The summed E-state index contributed by atoms with van der Waals surface area (Å²) in [6.45, 7) is 13.0. The predicted octanol–water partition coefficient (Wildman–Crippen LogP) is 4.57. The third-order valence-electron chi connectivity index (χ3n) is 3.45. The van der Waals surface area contributed by atoms with Gasteiger partial charge in [-0.05, 0) is 56.8 Å². The largest absolute Gasteiger partial charge is 0.490 e. The molecule has 0 aliphatic carbocycles. The van der Waals surface area contributed by atoms with Crippen LogP contribution >= 0.6 is 0 Å². The maximum atomic E-state index is 5.73. The lowest BCUT2D eigenvalue weighted by Gasteiger charge is -2.21. The standard InChI is InChI=1S/C18H31NO2/c1-6-19-16(11-9-14(4)5)15-10-12-17(20-7-2)18(13-15)21-8-3/h10,12-14,16,19H,6-9,11H2,1-5H3. The summed E-state index contributed by atoms with van der Waals surface area (Å²) in [7, 11) is 0. The van der Waals surface area contributed by atoms with E-state index in [-0.39, 0.29) is 0 Å². The molecule has 1 atom stereocenters. The zero-order chi connectivity index (χ0) is 15.7. The third kappa shape index (κ3) is 5.96. The van der Waals surface area contributed by atoms with E-state index in [9.17, 15) is 0 Å². The van der Waals surface area contributed by atoms with Crippen molar-refractivity contribution in [2.24, 2.45) is 5.92 Å². The number of hydrogen-bond donors (Lipinski definition) is 1. The van der Waals surface area contributed by atoms with Gasteiger partial charge in [-0.25, -0.2) is 0 Å². The molecule has 0 aromatic heterocycles. The zero-order valence-electron chi connectivity index (χ0n) is 14.2. The third-order valence-corrected chi connectivity index (χ3v) is 3.45. The molecular weight excluding hydrogens is 262 g/mol. The van der Waals surface area contributed by atoms with Crippen molar-refractivity contribution in [2.75, 3.05) is 19.8 Å². The lowest BCUT2D eigenvalue weighted by molar-refractivity contribution is 0.287. The monoisotopic (exact) mass is 293 g/mol. The fourth-order valence-corrected chi connectivity index (χ4v) is 2.42. The Hall–Kier alpha value is -1.22. The Morgan fingerprint density at radius 1 is 0.952 bits per heavy atom. The van der Waals surface area contributed by atoms with Gasteiger partial charge >= 0.3 is 0 Å². The van der Waals surface area contributed by atoms with Gasteiger partial charge in [0.2, 0.25) is 0 Å². The van der Waals surface area contributed by atoms with Crippen LogP contribution in [0, 0.1) is 5.92 Å². The fraction of sp³-hybridized carbons (Fsp3) is 0.667. The van der Waals surface area contributed by atoms with Gasteiger partial charge in [-0.2, -0.15) is 0 Å². The van der Waals surface area contributed by atoms with E-state index in [0.717, 1.165) is 30.4 Å². The minimum atomic E-state index is 0.382. The smallest absolute Gasteiger partial charge is 0.161 e. The van der Waals surface area contributed by atoms with Gasteiger partial charge in [-0.15, -0.1) is 0 Å². The van der Waals surface area contributed by atoms with E-state index in [1.54, 1.807) is 0 Å². The van der Waals surface area contributed by atoms with Crippen molar-refractivity contribution >= 4 is 0 Å². The van der Waals surface area contributed by atoms with Crippen LogP contribution in [0.3, 0.4) is 0 Å². The van der Waals surface area contributed by atoms with Crippen LogP contribution < -0.4 is 14.8 Å². The molecule has 0 spiro atoms. The molecule has 1 aromatic carbocycles. The van der Waals surface area contributed by atoms with Gasteiger partial charge in [0.15, 0.2) is 11.5 Å². The van der Waals surface area contributed by atoms with Crippen molar-refractivity contribution in [3.05, 3.63) is 23.8 Å². The molecule has 21 heavy (non-hydrogen) atoms. The van der Waals surface area contributed by atoms with Crippen LogP contribution in [0.5, 0.6) is 11.5 Å². The first-order valence-electron chi connectivity index (χ1n) is 8.25. The number of benzene rings is 1. The number of ether oxygens (including phenoxy) is 2. The van der Waals surface area contributed by atoms with E-state index < -0.39 is 0 Å². The summed E-state index contributed by atoms with van der Waals surface area (Å²) in [4.78, 5) is 0. The Morgan fingerprint density at radius 2 is 1.62 bits per heavy atom. The van der Waals surface area contributed by atoms with Crippen LogP contribution in [0.4, 0.5) is 0 Å². The van der Waals surface area contributed by atoms with Gasteiger partial charge in [0, 0.05) is 6.04 Å². The second-order valence-electron chi connectivity index (χ2n) is 5.65. The quantitative estimate of drug-likeness (QED) is 0.685. The molecule has 0 saturated carbocycles. The highest BCUT2D eigenvalue weighted by Gasteiger charge is 2.14. The molecule has 1 rings (SSSR count). The highest BCUT2D eigenvalue weighted by Crippen LogP contribution is 2.32. The van der Waals surface area contributed by atoms with Gasteiger partial charge in [0.25, 0.3) is 0 Å². The van der Waals surface area contributed by atoms with Crippen molar-refractivity contribution in [3.63, 3.8) is 0 Å². The van der Waals surface area contributed by atoms with Crippen molar-refractivity contribution < 1.29 is 9.47 Å². The summed E-state index contributed by atoms with van der Waals surface area (Å²) in [5.74, 6) is 2.41. The molecule has 0 bridgehead atoms. The van der Waals surface area contributed by atoms with Gasteiger partial charge in [-0.1, -0.05) is 26.8 Å². The number of nitrogens with one attached hydrogen (secondary N) is 1. The second-order valence-corrected chi connectivity index (χ2v) is 5.65. The van der Waals surface area contributed by atoms with Crippen LogP contribution in [-0.4, -0.2) is 19.8 Å². The molecule has 0 radical (unpaired) electrons. The molecule has 0 fully saturated rings. The van der Waals surface area contributed by atoms with Crippen molar-refractivity contribution in [1.82, 2.24) is 5.32 Å². The van der Waals surface area contributed by atoms with Crippen LogP contribution in [-0.2, 0) is 0 Å². The van der Waals surface area contributed by atoms with Crippen LogP contribution in [0.25, 0.3) is 0 Å². The summed E-state index contributed by atoms with van der Waals surface area (Å²) in [6.07, 6.45) is 2.36. The Morgan fingerprint density at radius 3 is 2.19 bits per heavy atom. The lowest BCUT2D eigenvalue weighted by Crippen LogP contribution is -2.21. The average molecular weight is 293 g/mol. The van der Waals surface area contributed by atoms with Gasteiger partial charge in [0.1, 0.15) is 0 Å². The molecule has 1 aromatic rings. The maximum absolute atomic E-state index is 5.73. The summed E-state index contributed by atoms with van der Waals surface area (Å²) in [5, 5.41) is 3.58. The van der Waals surface area contributed by atoms with Crippen LogP contribution in [0.1, 0.15) is 59.1 Å². The molecule has 0 heterocycles. The minimum absolute atomic E-state index is 0.382. The maximum Gasteiger partial charge on any atom is 0.161 e. The molecule has 0 aliphatic heterocycles. The van der Waals surface area contributed by atoms with Crippen molar-refractivity contribution in [3.8, 4) is 11.5 Å². The first-order chi connectivity index (χ1) is 10.1. The van der Waals surface area contributed by atoms with Gasteiger partial charge < -0.3 is 14.8 Å². The van der Waals surface area contributed by atoms with Gasteiger partial charge in [0.05, 0.1) is 13.2 Å². The lowest BCUT2D eigenvalue weighted by atomic mass is 9.97. The predicted molar refractivity (Wildman–Crippen MR) is 89.3 cm³/mol. The summed E-state index contributed by atoms with van der Waals surface area (Å²) in [5.41, 5.74) is 1.28. The zero-order valence-corrected chi connectivity index (χ0v) is 14.2. The fourth-order valence-electron chi connectivity index (χ4n) is 2.42. The van der Waals surface area contributed by atoms with Crippen molar-refractivity contribution in [2.45, 2.75) is 53.5 Å². The molecule has 0 saturated heterocycles. The second kappa shape index (κ2) is 9.67. The first kappa shape index (κ1) is 17.8. The van der Waals surface area contributed by atoms with Gasteiger partial charge in [-0.3, -0.25) is 0 Å². The average Bonchev–Trinajstić information content (AvgIpc) is 2.45.